The van der Waals surface area contributed by atoms with Gasteiger partial charge >= 0.3 is 6.18 Å². The lowest BCUT2D eigenvalue weighted by Crippen LogP contribution is -2.59. The molecule has 1 aliphatic heterocycles. The Hall–Kier alpha value is -1.87. The molecule has 0 spiro atoms. The maximum Gasteiger partial charge on any atom is 0.418 e. The molecule has 9 heteroatoms. The third-order valence-corrected chi connectivity index (χ3v) is 5.46. The number of halogens is 4. The van der Waals surface area contributed by atoms with Gasteiger partial charge in [-0.1, -0.05) is 13.8 Å². The smallest absolute Gasteiger partial charge is 0.418 e. The third-order valence-electron chi connectivity index (χ3n) is 5.46. The zero-order valence-corrected chi connectivity index (χ0v) is 17.1. The topological polar surface area (TPSA) is 53.0 Å². The van der Waals surface area contributed by atoms with Crippen LogP contribution in [0.5, 0.6) is 5.75 Å². The van der Waals surface area contributed by atoms with Crippen molar-refractivity contribution in [1.29, 1.82) is 0 Å². The number of amides is 1. The number of piperazine rings is 1. The van der Waals surface area contributed by atoms with Gasteiger partial charge in [0.1, 0.15) is 11.6 Å². The van der Waals surface area contributed by atoms with E-state index in [0.717, 1.165) is 6.07 Å². The summed E-state index contributed by atoms with van der Waals surface area (Å²) in [4.78, 5) is 14.5. The van der Waals surface area contributed by atoms with Crippen LogP contribution in [0.2, 0.25) is 0 Å². The van der Waals surface area contributed by atoms with Gasteiger partial charge in [0.25, 0.3) is 0 Å². The fourth-order valence-electron chi connectivity index (χ4n) is 3.87. The maximum atomic E-state index is 13.9. The molecular weight excluding hydrogens is 392 g/mol. The molecule has 0 saturated carbocycles. The first-order valence-corrected chi connectivity index (χ1v) is 9.40. The van der Waals surface area contributed by atoms with Crippen LogP contribution in [0.4, 0.5) is 17.6 Å². The molecule has 1 amide bonds. The highest BCUT2D eigenvalue weighted by atomic mass is 19.4. The number of benzene rings is 1. The van der Waals surface area contributed by atoms with Crippen LogP contribution in [0.3, 0.4) is 0 Å². The molecule has 0 aliphatic carbocycles. The molecule has 1 aromatic carbocycles. The van der Waals surface area contributed by atoms with E-state index in [2.05, 4.69) is 0 Å². The Morgan fingerprint density at radius 2 is 1.76 bits per heavy atom. The van der Waals surface area contributed by atoms with Gasteiger partial charge in [-0.15, -0.1) is 0 Å². The Morgan fingerprint density at radius 1 is 1.17 bits per heavy atom. The number of alkyl halides is 3. The molecule has 2 rings (SSSR count). The van der Waals surface area contributed by atoms with Gasteiger partial charge in [-0.3, -0.25) is 9.69 Å². The average molecular weight is 420 g/mol. The Kier molecular flexibility index (Phi) is 6.84. The lowest BCUT2D eigenvalue weighted by Gasteiger charge is -2.43. The van der Waals surface area contributed by atoms with Crippen LogP contribution in [-0.4, -0.2) is 72.4 Å². The summed E-state index contributed by atoms with van der Waals surface area (Å²) in [5.41, 5.74) is -3.98. The van der Waals surface area contributed by atoms with Crippen LogP contribution in [-0.2, 0) is 10.2 Å². The number of carbonyl (C=O) groups excluding carboxylic acids is 1. The van der Waals surface area contributed by atoms with E-state index in [0.29, 0.717) is 13.1 Å². The molecule has 1 aliphatic rings. The second kappa shape index (κ2) is 8.47. The largest absolute Gasteiger partial charge is 0.496 e. The quantitative estimate of drug-likeness (QED) is 0.719. The fourth-order valence-corrected chi connectivity index (χ4v) is 3.87. The minimum atomic E-state index is -4.89. The van der Waals surface area contributed by atoms with Crippen molar-refractivity contribution >= 4 is 5.91 Å². The molecule has 1 atom stereocenters. The van der Waals surface area contributed by atoms with E-state index in [9.17, 15) is 27.5 Å². The van der Waals surface area contributed by atoms with E-state index in [1.54, 1.807) is 4.90 Å². The summed E-state index contributed by atoms with van der Waals surface area (Å²) in [6, 6.07) is 3.67. The number of methoxy groups -OCH3 is 1. The number of rotatable bonds is 6. The van der Waals surface area contributed by atoms with Crippen LogP contribution in [0, 0.1) is 5.82 Å². The summed E-state index contributed by atoms with van der Waals surface area (Å²) in [5, 5.41) is 10.7. The molecule has 1 unspecified atom stereocenters. The molecule has 164 valence electrons. The van der Waals surface area contributed by atoms with Crippen molar-refractivity contribution in [1.82, 2.24) is 9.80 Å². The van der Waals surface area contributed by atoms with E-state index in [-0.39, 0.29) is 30.3 Å². The number of ether oxygens (including phenoxy) is 1. The number of β-amino-alcohol motifs (C(OH)–C–C–N with tert-alkyl or cyclic N) is 1. The van der Waals surface area contributed by atoms with Crippen LogP contribution in [0.25, 0.3) is 0 Å². The highest BCUT2D eigenvalue weighted by molar-refractivity contribution is 5.73. The second-order valence-electron chi connectivity index (χ2n) is 8.22. The predicted octanol–water partition coefficient (Wildman–Crippen LogP) is 2.96. The normalized spacial score (nSPS) is 18.4. The summed E-state index contributed by atoms with van der Waals surface area (Å²) >= 11 is 0. The Bertz CT molecular complexity index is 731. The summed E-state index contributed by atoms with van der Waals surface area (Å²) < 4.78 is 60.7. The van der Waals surface area contributed by atoms with Gasteiger partial charge in [0.2, 0.25) is 5.91 Å². The number of aliphatic hydroxyl groups is 1. The first-order chi connectivity index (χ1) is 13.3. The summed E-state index contributed by atoms with van der Waals surface area (Å²) in [5.74, 6) is -0.462. The number of hydrogen-bond donors (Lipinski definition) is 1. The van der Waals surface area contributed by atoms with Crippen molar-refractivity contribution in [2.45, 2.75) is 44.4 Å². The molecule has 1 fully saturated rings. The molecular formula is C20H28F4N2O3. The van der Waals surface area contributed by atoms with Crippen molar-refractivity contribution < 1.29 is 32.2 Å². The number of hydrogen-bond acceptors (Lipinski definition) is 4. The predicted molar refractivity (Wildman–Crippen MR) is 100 cm³/mol. The van der Waals surface area contributed by atoms with Gasteiger partial charge < -0.3 is 14.7 Å². The molecule has 0 radical (unpaired) electrons. The SMILES string of the molecule is COc1ccc(F)cc1C(C)(C)CC(O)(CN1CCN(C(C)=O)CC1)C(F)(F)F. The standard InChI is InChI=1S/C20H28F4N2O3/c1-14(27)26-9-7-25(8-10-26)13-19(28,20(22,23)24)12-18(2,3)16-11-15(21)5-6-17(16)29-4/h5-6,11,28H,7-10,12-13H2,1-4H3. The van der Waals surface area contributed by atoms with Crippen LogP contribution in [0.1, 0.15) is 32.8 Å². The highest BCUT2D eigenvalue weighted by Crippen LogP contribution is 2.44. The first kappa shape index (κ1) is 23.4. The summed E-state index contributed by atoms with van der Waals surface area (Å²) in [6.45, 7) is 4.93. The Morgan fingerprint density at radius 3 is 2.24 bits per heavy atom. The monoisotopic (exact) mass is 420 g/mol. The van der Waals surface area contributed by atoms with E-state index < -0.39 is 36.0 Å². The van der Waals surface area contributed by atoms with Crippen molar-refractivity contribution in [2.75, 3.05) is 39.8 Å². The molecule has 29 heavy (non-hydrogen) atoms. The van der Waals surface area contributed by atoms with E-state index >= 15 is 0 Å². The molecule has 1 saturated heterocycles. The van der Waals surface area contributed by atoms with Crippen LogP contribution >= 0.6 is 0 Å². The second-order valence-corrected chi connectivity index (χ2v) is 8.22. The summed E-state index contributed by atoms with van der Waals surface area (Å²) in [7, 11) is 1.36. The molecule has 5 nitrogen and oxygen atoms in total. The Labute approximate surface area is 168 Å². The number of carbonyl (C=O) groups is 1. The maximum absolute atomic E-state index is 13.9. The van der Waals surface area contributed by atoms with Crippen LogP contribution < -0.4 is 4.74 Å². The zero-order valence-electron chi connectivity index (χ0n) is 17.1. The van der Waals surface area contributed by atoms with E-state index in [1.807, 2.05) is 0 Å². The van der Waals surface area contributed by atoms with Gasteiger partial charge in [0.05, 0.1) is 7.11 Å². The minimum Gasteiger partial charge on any atom is -0.496 e. The van der Waals surface area contributed by atoms with Gasteiger partial charge in [0.15, 0.2) is 5.60 Å². The molecule has 0 aromatic heterocycles. The highest BCUT2D eigenvalue weighted by Gasteiger charge is 2.57. The summed E-state index contributed by atoms with van der Waals surface area (Å²) in [6.07, 6.45) is -5.56. The average Bonchev–Trinajstić information content (AvgIpc) is 2.60. The zero-order chi connectivity index (χ0) is 22.0. The van der Waals surface area contributed by atoms with Crippen molar-refractivity contribution in [3.8, 4) is 5.75 Å². The van der Waals surface area contributed by atoms with Crippen molar-refractivity contribution in [2.24, 2.45) is 0 Å². The fraction of sp³-hybridized carbons (Fsp3) is 0.650. The lowest BCUT2D eigenvalue weighted by atomic mass is 9.74. The van der Waals surface area contributed by atoms with E-state index in [4.69, 9.17) is 4.74 Å². The van der Waals surface area contributed by atoms with E-state index in [1.165, 1.54) is 44.9 Å². The van der Waals surface area contributed by atoms with Crippen molar-refractivity contribution in [3.63, 3.8) is 0 Å². The Balaban J connectivity index is 2.26. The van der Waals surface area contributed by atoms with Gasteiger partial charge in [-0.2, -0.15) is 13.2 Å². The third kappa shape index (κ3) is 5.39. The van der Waals surface area contributed by atoms with Gasteiger partial charge in [-0.05, 0) is 30.0 Å². The van der Waals surface area contributed by atoms with Crippen molar-refractivity contribution in [3.05, 3.63) is 29.6 Å². The lowest BCUT2D eigenvalue weighted by molar-refractivity contribution is -0.272. The van der Waals surface area contributed by atoms with Crippen LogP contribution in [0.15, 0.2) is 18.2 Å². The molecule has 1 N–H and O–H groups in total. The molecule has 0 bridgehead atoms. The minimum absolute atomic E-state index is 0.130. The first-order valence-electron chi connectivity index (χ1n) is 9.40. The van der Waals surface area contributed by atoms with Gasteiger partial charge in [0, 0.05) is 45.2 Å². The molecule has 1 heterocycles. The molecule has 1 aromatic rings. The van der Waals surface area contributed by atoms with Gasteiger partial charge in [-0.25, -0.2) is 4.39 Å². The number of nitrogens with zero attached hydrogens (tertiary/aromatic N) is 2.